The molecule has 0 aliphatic carbocycles. The van der Waals surface area contributed by atoms with Gasteiger partial charge >= 0.3 is 0 Å². The lowest BCUT2D eigenvalue weighted by molar-refractivity contribution is 0.622. The zero-order chi connectivity index (χ0) is 18.2. The quantitative estimate of drug-likeness (QED) is 0.507. The second-order valence-corrected chi connectivity index (χ2v) is 6.32. The minimum Gasteiger partial charge on any atom is -0.377 e. The molecular weight excluding hydrogens is 337 g/mol. The van der Waals surface area contributed by atoms with Gasteiger partial charge in [-0.15, -0.1) is 5.10 Å². The average molecular weight is 355 g/mol. The number of amidine groups is 1. The summed E-state index contributed by atoms with van der Waals surface area (Å²) in [4.78, 5) is 1.68. The predicted molar refractivity (Wildman–Crippen MR) is 102 cm³/mol. The fourth-order valence-corrected chi connectivity index (χ4v) is 2.68. The number of rotatable bonds is 5. The van der Waals surface area contributed by atoms with Gasteiger partial charge in [-0.1, -0.05) is 42.1 Å². The first-order valence-electron chi connectivity index (χ1n) is 7.46. The van der Waals surface area contributed by atoms with Gasteiger partial charge in [-0.3, -0.25) is 0 Å². The molecule has 5 nitrogen and oxygen atoms in total. The van der Waals surface area contributed by atoms with Crippen molar-refractivity contribution >= 4 is 28.8 Å². The van der Waals surface area contributed by atoms with Crippen LogP contribution in [0.1, 0.15) is 16.7 Å². The summed E-state index contributed by atoms with van der Waals surface area (Å²) in [6, 6.07) is 14.9. The Labute approximate surface area is 150 Å². The van der Waals surface area contributed by atoms with Gasteiger partial charge in [-0.25, -0.2) is 4.39 Å². The molecule has 25 heavy (non-hydrogen) atoms. The maximum atomic E-state index is 14.4. The van der Waals surface area contributed by atoms with E-state index in [1.807, 2.05) is 36.4 Å². The summed E-state index contributed by atoms with van der Waals surface area (Å²) in [7, 11) is 3.50. The second-order valence-electron chi connectivity index (χ2n) is 5.33. The normalized spacial score (nSPS) is 11.5. The van der Waals surface area contributed by atoms with Crippen LogP contribution in [0.25, 0.3) is 0 Å². The fraction of sp³-hybridized carbons (Fsp3) is 0.167. The maximum absolute atomic E-state index is 14.4. The van der Waals surface area contributed by atoms with Crippen molar-refractivity contribution in [3.8, 4) is 6.07 Å². The first-order chi connectivity index (χ1) is 12.0. The monoisotopic (exact) mass is 355 g/mol. The lowest BCUT2D eigenvalue weighted by Crippen LogP contribution is -2.12. The van der Waals surface area contributed by atoms with Gasteiger partial charge in [0.15, 0.2) is 11.0 Å². The summed E-state index contributed by atoms with van der Waals surface area (Å²) in [5.41, 5.74) is 7.59. The molecule has 0 saturated heterocycles. The maximum Gasteiger partial charge on any atom is 0.180 e. The molecule has 2 N–H and O–H groups in total. The van der Waals surface area contributed by atoms with Crippen LogP contribution in [0.2, 0.25) is 0 Å². The van der Waals surface area contributed by atoms with Gasteiger partial charge in [0.05, 0.1) is 11.9 Å². The number of nitrogens with zero attached hydrogens (tertiary/aromatic N) is 4. The Morgan fingerprint density at radius 3 is 2.64 bits per heavy atom. The Balaban J connectivity index is 2.07. The third-order valence-corrected chi connectivity index (χ3v) is 4.18. The molecule has 0 fully saturated rings. The summed E-state index contributed by atoms with van der Waals surface area (Å²) < 4.78 is 14.4. The highest BCUT2D eigenvalue weighted by molar-refractivity contribution is 8.13. The van der Waals surface area contributed by atoms with Gasteiger partial charge in [-0.05, 0) is 17.7 Å². The number of halogens is 1. The van der Waals surface area contributed by atoms with Crippen LogP contribution in [0.4, 0.5) is 10.1 Å². The molecule has 0 aliphatic rings. The van der Waals surface area contributed by atoms with Crippen molar-refractivity contribution in [3.63, 3.8) is 0 Å². The van der Waals surface area contributed by atoms with Crippen molar-refractivity contribution in [1.29, 1.82) is 5.26 Å². The molecule has 0 aromatic heterocycles. The highest BCUT2D eigenvalue weighted by Gasteiger charge is 2.13. The molecule has 0 saturated carbocycles. The SMILES string of the molecule is CN(C)c1ccc(C=NN=C(N)SCc2ccccc2)c(F)c1C#N. The van der Waals surface area contributed by atoms with Crippen LogP contribution in [0.5, 0.6) is 0 Å². The highest BCUT2D eigenvalue weighted by atomic mass is 32.2. The Morgan fingerprint density at radius 2 is 2.00 bits per heavy atom. The first-order valence-corrected chi connectivity index (χ1v) is 8.44. The van der Waals surface area contributed by atoms with E-state index in [0.717, 1.165) is 5.56 Å². The number of hydrogen-bond acceptors (Lipinski definition) is 5. The van der Waals surface area contributed by atoms with E-state index in [1.54, 1.807) is 31.1 Å². The van der Waals surface area contributed by atoms with E-state index in [2.05, 4.69) is 10.2 Å². The number of benzene rings is 2. The first kappa shape index (κ1) is 18.5. The molecular formula is C18H18FN5S. The lowest BCUT2D eigenvalue weighted by Gasteiger charge is -2.15. The molecule has 0 radical (unpaired) electrons. The molecule has 0 amide bonds. The molecule has 0 unspecified atom stereocenters. The molecule has 2 aromatic carbocycles. The zero-order valence-corrected chi connectivity index (χ0v) is 14.8. The molecule has 128 valence electrons. The number of anilines is 1. The minimum absolute atomic E-state index is 0.0237. The summed E-state index contributed by atoms with van der Waals surface area (Å²) in [5.74, 6) is 0.0547. The third-order valence-electron chi connectivity index (χ3n) is 3.33. The van der Waals surface area contributed by atoms with Gasteiger partial charge in [0.25, 0.3) is 0 Å². The summed E-state index contributed by atoms with van der Waals surface area (Å²) in [6.45, 7) is 0. The van der Waals surface area contributed by atoms with E-state index in [0.29, 0.717) is 11.4 Å². The topological polar surface area (TPSA) is 77.8 Å². The number of nitriles is 1. The minimum atomic E-state index is -0.622. The molecule has 0 bridgehead atoms. The van der Waals surface area contributed by atoms with Crippen molar-refractivity contribution in [3.05, 3.63) is 65.0 Å². The summed E-state index contributed by atoms with van der Waals surface area (Å²) in [5, 5.41) is 17.1. The molecule has 2 aromatic rings. The lowest BCUT2D eigenvalue weighted by atomic mass is 10.1. The Bertz CT molecular complexity index is 825. The van der Waals surface area contributed by atoms with Crippen LogP contribution in [0.15, 0.2) is 52.7 Å². The van der Waals surface area contributed by atoms with Gasteiger partial charge in [0.2, 0.25) is 0 Å². The molecule has 7 heteroatoms. The van der Waals surface area contributed by atoms with Crippen LogP contribution in [0.3, 0.4) is 0 Å². The van der Waals surface area contributed by atoms with E-state index < -0.39 is 5.82 Å². The largest absolute Gasteiger partial charge is 0.377 e. The smallest absolute Gasteiger partial charge is 0.180 e. The van der Waals surface area contributed by atoms with Crippen molar-refractivity contribution in [2.75, 3.05) is 19.0 Å². The van der Waals surface area contributed by atoms with Crippen molar-refractivity contribution in [1.82, 2.24) is 0 Å². The average Bonchev–Trinajstić information content (AvgIpc) is 2.61. The standard InChI is InChI=1S/C18H18FN5S/c1-24(2)16-9-8-14(17(19)15(16)10-20)11-22-23-18(21)25-12-13-6-4-3-5-7-13/h3-9,11H,12H2,1-2H3,(H2,21,23). The van der Waals surface area contributed by atoms with E-state index >= 15 is 0 Å². The fourth-order valence-electron chi connectivity index (χ4n) is 2.07. The summed E-state index contributed by atoms with van der Waals surface area (Å²) in [6.07, 6.45) is 1.26. The van der Waals surface area contributed by atoms with Crippen molar-refractivity contribution in [2.45, 2.75) is 5.75 Å². The number of thioether (sulfide) groups is 1. The van der Waals surface area contributed by atoms with Crippen molar-refractivity contribution < 1.29 is 4.39 Å². The van der Waals surface area contributed by atoms with E-state index in [9.17, 15) is 4.39 Å². The van der Waals surface area contributed by atoms with Crippen LogP contribution in [-0.2, 0) is 5.75 Å². The number of hydrogen-bond donors (Lipinski definition) is 1. The van der Waals surface area contributed by atoms with Crippen LogP contribution in [0, 0.1) is 17.1 Å². The van der Waals surface area contributed by atoms with Crippen LogP contribution < -0.4 is 10.6 Å². The zero-order valence-electron chi connectivity index (χ0n) is 14.0. The van der Waals surface area contributed by atoms with Crippen molar-refractivity contribution in [2.24, 2.45) is 15.9 Å². The van der Waals surface area contributed by atoms with Crippen LogP contribution in [-0.4, -0.2) is 25.5 Å². The molecule has 0 spiro atoms. The molecule has 2 rings (SSSR count). The Morgan fingerprint density at radius 1 is 1.28 bits per heavy atom. The van der Waals surface area contributed by atoms with E-state index in [-0.39, 0.29) is 16.3 Å². The van der Waals surface area contributed by atoms with Gasteiger partial charge < -0.3 is 10.6 Å². The van der Waals surface area contributed by atoms with E-state index in [1.165, 1.54) is 18.0 Å². The Kier molecular flexibility index (Phi) is 6.54. The Hall–Kier alpha value is -2.85. The van der Waals surface area contributed by atoms with Gasteiger partial charge in [0.1, 0.15) is 11.6 Å². The van der Waals surface area contributed by atoms with E-state index in [4.69, 9.17) is 11.0 Å². The van der Waals surface area contributed by atoms with Gasteiger partial charge in [-0.2, -0.15) is 10.4 Å². The second kappa shape index (κ2) is 8.85. The number of nitrogens with two attached hydrogens (primary N) is 1. The third kappa shape index (κ3) is 5.06. The highest BCUT2D eigenvalue weighted by Crippen LogP contribution is 2.23. The van der Waals surface area contributed by atoms with Crippen LogP contribution >= 0.6 is 11.8 Å². The van der Waals surface area contributed by atoms with Gasteiger partial charge in [0, 0.05) is 25.4 Å². The molecule has 0 heterocycles. The molecule has 0 aliphatic heterocycles. The predicted octanol–water partition coefficient (Wildman–Crippen LogP) is 3.35. The summed E-state index contributed by atoms with van der Waals surface area (Å²) >= 11 is 1.34. The molecule has 0 atom stereocenters.